The summed E-state index contributed by atoms with van der Waals surface area (Å²) >= 11 is 3.50. The molecule has 0 aliphatic rings. The Labute approximate surface area is 139 Å². The SMILES string of the molecule is CCCCOc1ccc(-c2ccccc2)c(C(=O)OC)c1Br. The van der Waals surface area contributed by atoms with E-state index >= 15 is 0 Å². The Morgan fingerprint density at radius 2 is 1.86 bits per heavy atom. The van der Waals surface area contributed by atoms with Gasteiger partial charge in [-0.05, 0) is 45.6 Å². The summed E-state index contributed by atoms with van der Waals surface area (Å²) < 4.78 is 11.3. The minimum absolute atomic E-state index is 0.383. The van der Waals surface area contributed by atoms with E-state index in [0.717, 1.165) is 24.0 Å². The van der Waals surface area contributed by atoms with Crippen molar-refractivity contribution in [3.05, 3.63) is 52.5 Å². The normalized spacial score (nSPS) is 10.3. The molecule has 0 heterocycles. The van der Waals surface area contributed by atoms with E-state index in [2.05, 4.69) is 22.9 Å². The number of hydrogen-bond acceptors (Lipinski definition) is 3. The molecule has 4 heteroatoms. The summed E-state index contributed by atoms with van der Waals surface area (Å²) in [6.07, 6.45) is 2.03. The molecule has 2 aromatic rings. The Bertz CT molecular complexity index is 638. The average Bonchev–Trinajstić information content (AvgIpc) is 2.56. The van der Waals surface area contributed by atoms with Crippen LogP contribution in [0.4, 0.5) is 0 Å². The fourth-order valence-corrected chi connectivity index (χ4v) is 2.78. The van der Waals surface area contributed by atoms with Crippen LogP contribution in [0.5, 0.6) is 5.75 Å². The zero-order chi connectivity index (χ0) is 15.9. The van der Waals surface area contributed by atoms with Gasteiger partial charge in [0, 0.05) is 0 Å². The smallest absolute Gasteiger partial charge is 0.339 e. The first kappa shape index (κ1) is 16.6. The molecular weight excluding hydrogens is 344 g/mol. The zero-order valence-electron chi connectivity index (χ0n) is 12.8. The number of esters is 1. The highest BCUT2D eigenvalue weighted by Crippen LogP contribution is 2.36. The molecule has 0 N–H and O–H groups in total. The van der Waals surface area contributed by atoms with E-state index in [1.165, 1.54) is 7.11 Å². The van der Waals surface area contributed by atoms with E-state index in [0.29, 0.717) is 22.4 Å². The largest absolute Gasteiger partial charge is 0.492 e. The highest BCUT2D eigenvalue weighted by atomic mass is 79.9. The van der Waals surface area contributed by atoms with Crippen molar-refractivity contribution in [1.29, 1.82) is 0 Å². The van der Waals surface area contributed by atoms with E-state index in [4.69, 9.17) is 9.47 Å². The number of ether oxygens (including phenoxy) is 2. The summed E-state index contributed by atoms with van der Waals surface area (Å²) in [5.74, 6) is 0.278. The van der Waals surface area contributed by atoms with Crippen molar-refractivity contribution < 1.29 is 14.3 Å². The Hall–Kier alpha value is -1.81. The van der Waals surface area contributed by atoms with Crippen LogP contribution in [-0.4, -0.2) is 19.7 Å². The average molecular weight is 363 g/mol. The fourth-order valence-electron chi connectivity index (χ4n) is 2.15. The molecule has 0 fully saturated rings. The van der Waals surface area contributed by atoms with E-state index in [1.807, 2.05) is 42.5 Å². The molecule has 0 aliphatic carbocycles. The zero-order valence-corrected chi connectivity index (χ0v) is 14.4. The molecule has 0 saturated carbocycles. The van der Waals surface area contributed by atoms with Gasteiger partial charge in [-0.3, -0.25) is 0 Å². The molecule has 0 bridgehead atoms. The van der Waals surface area contributed by atoms with E-state index in [-0.39, 0.29) is 5.97 Å². The first-order valence-corrected chi connectivity index (χ1v) is 8.07. The first-order chi connectivity index (χ1) is 10.7. The van der Waals surface area contributed by atoms with E-state index in [1.54, 1.807) is 0 Å². The van der Waals surface area contributed by atoms with Crippen LogP contribution >= 0.6 is 15.9 Å². The van der Waals surface area contributed by atoms with Gasteiger partial charge in [-0.2, -0.15) is 0 Å². The van der Waals surface area contributed by atoms with Crippen LogP contribution in [0.3, 0.4) is 0 Å². The quantitative estimate of drug-likeness (QED) is 0.530. The second kappa shape index (κ2) is 7.99. The molecule has 0 spiro atoms. The minimum Gasteiger partial charge on any atom is -0.492 e. The Morgan fingerprint density at radius 3 is 2.50 bits per heavy atom. The second-order valence-electron chi connectivity index (χ2n) is 4.86. The van der Waals surface area contributed by atoms with Gasteiger partial charge in [0.15, 0.2) is 0 Å². The van der Waals surface area contributed by atoms with Crippen molar-refractivity contribution in [3.63, 3.8) is 0 Å². The lowest BCUT2D eigenvalue weighted by Gasteiger charge is -2.14. The van der Waals surface area contributed by atoms with Crippen LogP contribution in [0.1, 0.15) is 30.1 Å². The molecule has 2 aromatic carbocycles. The topological polar surface area (TPSA) is 35.5 Å². The molecular formula is C18H19BrO3. The second-order valence-corrected chi connectivity index (χ2v) is 5.65. The van der Waals surface area contributed by atoms with Crippen LogP contribution in [0.15, 0.2) is 46.9 Å². The molecule has 0 radical (unpaired) electrons. The number of carbonyl (C=O) groups excluding carboxylic acids is 1. The van der Waals surface area contributed by atoms with Crippen molar-refractivity contribution in [2.45, 2.75) is 19.8 Å². The molecule has 0 atom stereocenters. The lowest BCUT2D eigenvalue weighted by molar-refractivity contribution is 0.0600. The summed E-state index contributed by atoms with van der Waals surface area (Å²) in [4.78, 5) is 12.2. The standard InChI is InChI=1S/C18H19BrO3/c1-3-4-12-22-15-11-10-14(13-8-6-5-7-9-13)16(17(15)19)18(20)21-2/h5-11H,3-4,12H2,1-2H3. The van der Waals surface area contributed by atoms with Crippen LogP contribution in [0.2, 0.25) is 0 Å². The summed E-state index contributed by atoms with van der Waals surface area (Å²) in [5, 5.41) is 0. The minimum atomic E-state index is -0.383. The Morgan fingerprint density at radius 1 is 1.14 bits per heavy atom. The Kier molecular flexibility index (Phi) is 6.01. The number of unbranched alkanes of at least 4 members (excludes halogenated alkanes) is 1. The number of carbonyl (C=O) groups is 1. The first-order valence-electron chi connectivity index (χ1n) is 7.28. The number of benzene rings is 2. The van der Waals surface area contributed by atoms with Gasteiger partial charge in [-0.25, -0.2) is 4.79 Å². The van der Waals surface area contributed by atoms with E-state index in [9.17, 15) is 4.79 Å². The third-order valence-corrected chi connectivity index (χ3v) is 4.12. The van der Waals surface area contributed by atoms with Crippen molar-refractivity contribution in [1.82, 2.24) is 0 Å². The van der Waals surface area contributed by atoms with Crippen molar-refractivity contribution in [2.24, 2.45) is 0 Å². The van der Waals surface area contributed by atoms with E-state index < -0.39 is 0 Å². The molecule has 2 rings (SSSR count). The summed E-state index contributed by atoms with van der Waals surface area (Å²) in [7, 11) is 1.38. The molecule has 0 aliphatic heterocycles. The van der Waals surface area contributed by atoms with Gasteiger partial charge in [0.2, 0.25) is 0 Å². The van der Waals surface area contributed by atoms with Gasteiger partial charge in [0.05, 0.1) is 23.8 Å². The van der Waals surface area contributed by atoms with Crippen LogP contribution in [0, 0.1) is 0 Å². The fraction of sp³-hybridized carbons (Fsp3) is 0.278. The molecule has 116 valence electrons. The maximum Gasteiger partial charge on any atom is 0.339 e. The van der Waals surface area contributed by atoms with Crippen LogP contribution in [0.25, 0.3) is 11.1 Å². The Balaban J connectivity index is 2.47. The van der Waals surface area contributed by atoms with Gasteiger partial charge >= 0.3 is 5.97 Å². The summed E-state index contributed by atoms with van der Waals surface area (Å²) in [6.45, 7) is 2.73. The maximum absolute atomic E-state index is 12.2. The molecule has 0 unspecified atom stereocenters. The number of rotatable bonds is 6. The van der Waals surface area contributed by atoms with Gasteiger partial charge in [-0.15, -0.1) is 0 Å². The lowest BCUT2D eigenvalue weighted by atomic mass is 9.99. The van der Waals surface area contributed by atoms with Gasteiger partial charge in [-0.1, -0.05) is 43.7 Å². The van der Waals surface area contributed by atoms with Crippen LogP contribution < -0.4 is 4.74 Å². The molecule has 0 amide bonds. The molecule has 0 saturated heterocycles. The third kappa shape index (κ3) is 3.69. The number of hydrogen-bond donors (Lipinski definition) is 0. The third-order valence-electron chi connectivity index (χ3n) is 3.34. The van der Waals surface area contributed by atoms with Gasteiger partial charge in [0.1, 0.15) is 5.75 Å². The summed E-state index contributed by atoms with van der Waals surface area (Å²) in [5.41, 5.74) is 2.27. The van der Waals surface area contributed by atoms with Crippen molar-refractivity contribution in [2.75, 3.05) is 13.7 Å². The molecule has 0 aromatic heterocycles. The van der Waals surface area contributed by atoms with Crippen LogP contribution in [-0.2, 0) is 4.74 Å². The summed E-state index contributed by atoms with van der Waals surface area (Å²) in [6, 6.07) is 13.5. The molecule has 3 nitrogen and oxygen atoms in total. The monoisotopic (exact) mass is 362 g/mol. The van der Waals surface area contributed by atoms with Crippen molar-refractivity contribution >= 4 is 21.9 Å². The highest BCUT2D eigenvalue weighted by molar-refractivity contribution is 9.10. The van der Waals surface area contributed by atoms with Crippen molar-refractivity contribution in [3.8, 4) is 16.9 Å². The maximum atomic E-state index is 12.2. The van der Waals surface area contributed by atoms with Gasteiger partial charge < -0.3 is 9.47 Å². The number of methoxy groups -OCH3 is 1. The highest BCUT2D eigenvalue weighted by Gasteiger charge is 2.20. The number of halogens is 1. The molecule has 22 heavy (non-hydrogen) atoms. The predicted molar refractivity (Wildman–Crippen MR) is 91.3 cm³/mol. The van der Waals surface area contributed by atoms with Gasteiger partial charge in [0.25, 0.3) is 0 Å². The lowest BCUT2D eigenvalue weighted by Crippen LogP contribution is -2.07. The predicted octanol–water partition coefficient (Wildman–Crippen LogP) is 5.08.